The number of ether oxygens (including phenoxy) is 1. The molecule has 9 nitrogen and oxygen atoms in total. The first-order valence-corrected chi connectivity index (χ1v) is 13.3. The highest BCUT2D eigenvalue weighted by molar-refractivity contribution is 5.92. The molecule has 3 aromatic heterocycles. The zero-order valence-electron chi connectivity index (χ0n) is 22.9. The molecular weight excluding hydrogens is 514 g/mol. The molecule has 204 valence electrons. The first kappa shape index (κ1) is 25.9. The predicted molar refractivity (Wildman–Crippen MR) is 157 cm³/mol. The topological polar surface area (TPSA) is 111 Å². The van der Waals surface area contributed by atoms with E-state index in [-0.39, 0.29) is 5.95 Å². The number of pyridine rings is 1. The van der Waals surface area contributed by atoms with Crippen LogP contribution < -0.4 is 5.32 Å². The molecule has 0 fully saturated rings. The fraction of sp³-hybridized carbons (Fsp3) is 0.156. The largest absolute Gasteiger partial charge is 0.444 e. The lowest BCUT2D eigenvalue weighted by molar-refractivity contribution is 0.0635. The number of amides is 1. The summed E-state index contributed by atoms with van der Waals surface area (Å²) in [6, 6.07) is 32.6. The average Bonchev–Trinajstić information content (AvgIpc) is 3.62. The van der Waals surface area contributed by atoms with Gasteiger partial charge < -0.3 is 9.72 Å². The lowest BCUT2D eigenvalue weighted by atomic mass is 9.77. The number of carbonyl (C=O) groups is 1. The number of hydrogen-bond donors (Lipinski definition) is 2. The Kier molecular flexibility index (Phi) is 6.55. The fourth-order valence-corrected chi connectivity index (χ4v) is 5.05. The van der Waals surface area contributed by atoms with Crippen molar-refractivity contribution in [3.8, 4) is 11.4 Å². The summed E-state index contributed by atoms with van der Waals surface area (Å²) >= 11 is 0. The molecule has 0 aliphatic carbocycles. The van der Waals surface area contributed by atoms with Gasteiger partial charge in [-0.1, -0.05) is 96.2 Å². The van der Waals surface area contributed by atoms with Crippen molar-refractivity contribution < 1.29 is 9.53 Å². The van der Waals surface area contributed by atoms with E-state index in [1.54, 1.807) is 33.0 Å². The molecule has 9 heteroatoms. The molecule has 0 radical (unpaired) electrons. The minimum absolute atomic E-state index is 0.253. The first-order chi connectivity index (χ1) is 19.8. The Bertz CT molecular complexity index is 1690. The molecule has 0 atom stereocenters. The molecule has 0 spiro atoms. The van der Waals surface area contributed by atoms with Gasteiger partial charge in [-0.05, 0) is 43.5 Å². The van der Waals surface area contributed by atoms with Crippen molar-refractivity contribution in [2.75, 3.05) is 5.32 Å². The number of aromatic nitrogens is 6. The van der Waals surface area contributed by atoms with Gasteiger partial charge in [0.1, 0.15) is 28.0 Å². The summed E-state index contributed by atoms with van der Waals surface area (Å²) < 4.78 is 7.25. The summed E-state index contributed by atoms with van der Waals surface area (Å²) in [5, 5.41) is 11.9. The van der Waals surface area contributed by atoms with Crippen molar-refractivity contribution in [3.05, 3.63) is 126 Å². The second-order valence-electron chi connectivity index (χ2n) is 10.6. The minimum atomic E-state index is -0.808. The molecule has 0 bridgehead atoms. The Morgan fingerprint density at radius 3 is 1.93 bits per heavy atom. The van der Waals surface area contributed by atoms with Gasteiger partial charge in [-0.25, -0.2) is 14.5 Å². The van der Waals surface area contributed by atoms with Crippen LogP contribution in [0.15, 0.2) is 109 Å². The highest BCUT2D eigenvalue weighted by atomic mass is 16.6. The van der Waals surface area contributed by atoms with E-state index >= 15 is 0 Å². The summed E-state index contributed by atoms with van der Waals surface area (Å²) in [6.45, 7) is 5.41. The molecule has 2 N–H and O–H groups in total. The monoisotopic (exact) mass is 543 g/mol. The van der Waals surface area contributed by atoms with Crippen LogP contribution in [0.5, 0.6) is 0 Å². The summed E-state index contributed by atoms with van der Waals surface area (Å²) in [6.07, 6.45) is 2.96. The first-order valence-electron chi connectivity index (χ1n) is 13.3. The molecular formula is C32H29N7O2. The fourth-order valence-electron chi connectivity index (χ4n) is 5.05. The maximum atomic E-state index is 12.3. The Hall–Kier alpha value is -5.31. The van der Waals surface area contributed by atoms with E-state index in [0.717, 1.165) is 16.7 Å². The van der Waals surface area contributed by atoms with Crippen LogP contribution in [-0.2, 0) is 10.3 Å². The van der Waals surface area contributed by atoms with Crippen molar-refractivity contribution in [1.29, 1.82) is 0 Å². The normalized spacial score (nSPS) is 11.9. The van der Waals surface area contributed by atoms with Gasteiger partial charge in [0.25, 0.3) is 0 Å². The van der Waals surface area contributed by atoms with E-state index in [1.807, 2.05) is 65.5 Å². The zero-order chi connectivity index (χ0) is 28.5. The van der Waals surface area contributed by atoms with Crippen LogP contribution in [0.25, 0.3) is 22.4 Å². The van der Waals surface area contributed by atoms with Gasteiger partial charge in [0.15, 0.2) is 0 Å². The number of benzene rings is 3. The van der Waals surface area contributed by atoms with E-state index in [0.29, 0.717) is 22.4 Å². The molecule has 3 heterocycles. The molecule has 0 saturated heterocycles. The summed E-state index contributed by atoms with van der Waals surface area (Å²) in [5.41, 5.74) is 3.97. The molecule has 0 saturated carbocycles. The number of H-pyrrole nitrogens is 1. The number of hydrogen-bond acceptors (Lipinski definition) is 6. The maximum Gasteiger partial charge on any atom is 0.414 e. The number of fused-ring (bicyclic) bond motifs is 1. The van der Waals surface area contributed by atoms with Crippen LogP contribution in [0.1, 0.15) is 37.5 Å². The third-order valence-electron chi connectivity index (χ3n) is 6.67. The molecule has 1 amide bonds. The molecule has 0 aliphatic rings. The van der Waals surface area contributed by atoms with Crippen molar-refractivity contribution in [1.82, 2.24) is 29.9 Å². The van der Waals surface area contributed by atoms with E-state index in [4.69, 9.17) is 9.95 Å². The van der Waals surface area contributed by atoms with Gasteiger partial charge in [0.05, 0.1) is 11.7 Å². The minimum Gasteiger partial charge on any atom is -0.444 e. The quantitative estimate of drug-likeness (QED) is 0.235. The van der Waals surface area contributed by atoms with Gasteiger partial charge in [0.2, 0.25) is 5.95 Å². The summed E-state index contributed by atoms with van der Waals surface area (Å²) in [5.74, 6) is 0.253. The molecule has 0 aliphatic heterocycles. The van der Waals surface area contributed by atoms with Crippen LogP contribution in [0.2, 0.25) is 0 Å². The van der Waals surface area contributed by atoms with Crippen molar-refractivity contribution in [3.63, 3.8) is 0 Å². The summed E-state index contributed by atoms with van der Waals surface area (Å²) in [7, 11) is 0. The van der Waals surface area contributed by atoms with Crippen molar-refractivity contribution in [2.45, 2.75) is 31.9 Å². The third kappa shape index (κ3) is 4.93. The number of carbonyl (C=O) groups excluding carboxylic acids is 1. The Labute approximate surface area is 237 Å². The van der Waals surface area contributed by atoms with Crippen molar-refractivity contribution >= 4 is 23.1 Å². The number of nitrogens with zero attached hydrogens (tertiary/aromatic N) is 5. The molecule has 41 heavy (non-hydrogen) atoms. The second kappa shape index (κ2) is 10.3. The van der Waals surface area contributed by atoms with Gasteiger partial charge in [-0.15, -0.1) is 5.10 Å². The summed E-state index contributed by atoms with van der Waals surface area (Å²) in [4.78, 5) is 24.7. The highest BCUT2D eigenvalue weighted by Gasteiger charge is 2.40. The van der Waals surface area contributed by atoms with Crippen LogP contribution in [0.3, 0.4) is 0 Å². The standard InChI is InChI=1S/C32H29N7O2/c1-31(2,3)41-30(40)36-29-34-25-19-20-33-27(28(25)35-29)26-21-39(38-37-26)32(22-13-7-4-8-14-22,23-15-9-5-10-16-23)24-17-11-6-12-18-24/h4-21H,1-3H3,(H2,34,35,36,40). The molecule has 6 aromatic rings. The predicted octanol–water partition coefficient (Wildman–Crippen LogP) is 6.40. The average molecular weight is 544 g/mol. The Morgan fingerprint density at radius 1 is 0.829 bits per heavy atom. The van der Waals surface area contributed by atoms with Gasteiger partial charge in [-0.3, -0.25) is 10.3 Å². The Balaban J connectivity index is 1.49. The highest BCUT2D eigenvalue weighted by Crippen LogP contribution is 2.40. The van der Waals surface area contributed by atoms with Crippen LogP contribution >= 0.6 is 0 Å². The van der Waals surface area contributed by atoms with Gasteiger partial charge in [-0.2, -0.15) is 0 Å². The third-order valence-corrected chi connectivity index (χ3v) is 6.67. The molecule has 0 unspecified atom stereocenters. The van der Waals surface area contributed by atoms with Crippen molar-refractivity contribution in [2.24, 2.45) is 0 Å². The SMILES string of the molecule is CC(C)(C)OC(=O)Nc1nc2c(-c3cn(C(c4ccccc4)(c4ccccc4)c4ccccc4)nn3)nccc2[nH]1. The van der Waals surface area contributed by atoms with E-state index in [9.17, 15) is 4.79 Å². The van der Waals surface area contributed by atoms with Crippen LogP contribution in [0.4, 0.5) is 10.7 Å². The number of aromatic amines is 1. The maximum absolute atomic E-state index is 12.3. The number of anilines is 1. The van der Waals surface area contributed by atoms with E-state index in [2.05, 4.69) is 61.8 Å². The number of imidazole rings is 1. The van der Waals surface area contributed by atoms with Crippen LogP contribution in [0, 0.1) is 0 Å². The van der Waals surface area contributed by atoms with Gasteiger partial charge >= 0.3 is 6.09 Å². The number of nitrogens with one attached hydrogen (secondary N) is 2. The number of rotatable bonds is 6. The van der Waals surface area contributed by atoms with E-state index < -0.39 is 17.2 Å². The van der Waals surface area contributed by atoms with E-state index in [1.165, 1.54) is 0 Å². The lowest BCUT2D eigenvalue weighted by Crippen LogP contribution is -2.38. The Morgan fingerprint density at radius 2 is 1.39 bits per heavy atom. The zero-order valence-corrected chi connectivity index (χ0v) is 22.9. The molecule has 6 rings (SSSR count). The van der Waals surface area contributed by atoms with Crippen LogP contribution in [-0.4, -0.2) is 41.6 Å². The smallest absolute Gasteiger partial charge is 0.414 e. The second-order valence-corrected chi connectivity index (χ2v) is 10.6. The molecule has 3 aromatic carbocycles. The van der Waals surface area contributed by atoms with Gasteiger partial charge in [0, 0.05) is 6.20 Å². The lowest BCUT2D eigenvalue weighted by Gasteiger charge is -2.35.